The number of ether oxygens (including phenoxy) is 2. The number of non-ortho nitro benzene ring substituents is 1. The summed E-state index contributed by atoms with van der Waals surface area (Å²) in [5, 5.41) is 10.9. The van der Waals surface area contributed by atoms with Crippen molar-refractivity contribution in [3.05, 3.63) is 28.3 Å². The van der Waals surface area contributed by atoms with Gasteiger partial charge in [-0.3, -0.25) is 15.0 Å². The van der Waals surface area contributed by atoms with Gasteiger partial charge in [-0.15, -0.1) is 0 Å². The van der Waals surface area contributed by atoms with E-state index in [2.05, 4.69) is 4.90 Å². The maximum Gasteiger partial charge on any atom is 0.274 e. The van der Waals surface area contributed by atoms with Gasteiger partial charge in [0.2, 0.25) is 0 Å². The fourth-order valence-corrected chi connectivity index (χ4v) is 3.72. The molecule has 1 heterocycles. The third-order valence-electron chi connectivity index (χ3n) is 3.66. The Bertz CT molecular complexity index is 655. The van der Waals surface area contributed by atoms with Crippen molar-refractivity contribution in [1.82, 2.24) is 4.90 Å². The second-order valence-electron chi connectivity index (χ2n) is 5.25. The van der Waals surface area contributed by atoms with E-state index in [0.29, 0.717) is 26.2 Å². The van der Waals surface area contributed by atoms with Gasteiger partial charge in [0.05, 0.1) is 42.0 Å². The van der Waals surface area contributed by atoms with Crippen LogP contribution in [0, 0.1) is 10.1 Å². The number of morpholine rings is 1. The molecule has 128 valence electrons. The molecule has 0 spiro atoms. The van der Waals surface area contributed by atoms with Crippen LogP contribution in [0.3, 0.4) is 0 Å². The zero-order chi connectivity index (χ0) is 16.9. The van der Waals surface area contributed by atoms with Crippen molar-refractivity contribution in [3.63, 3.8) is 0 Å². The topological polar surface area (TPSA) is 99.0 Å². The summed E-state index contributed by atoms with van der Waals surface area (Å²) in [6.45, 7) is 3.58. The van der Waals surface area contributed by atoms with E-state index in [1.54, 1.807) is 0 Å². The molecule has 1 aliphatic heterocycles. The van der Waals surface area contributed by atoms with Gasteiger partial charge in [0, 0.05) is 19.2 Å². The standard InChI is InChI=1S/C14H20N2O6S/c1-21-13-9-12(16(17)18)10-14(11-13)23(19,20)8-2-3-15-4-6-22-7-5-15/h9-11H,2-8H2,1H3. The maximum absolute atomic E-state index is 12.4. The molecule has 1 fully saturated rings. The van der Waals surface area contributed by atoms with Gasteiger partial charge in [0.1, 0.15) is 5.75 Å². The third kappa shape index (κ3) is 4.88. The number of sulfone groups is 1. The minimum atomic E-state index is -3.59. The molecule has 0 saturated carbocycles. The number of hydrogen-bond donors (Lipinski definition) is 0. The normalized spacial score (nSPS) is 16.2. The molecule has 0 bridgehead atoms. The predicted octanol–water partition coefficient (Wildman–Crippen LogP) is 1.10. The van der Waals surface area contributed by atoms with Crippen molar-refractivity contribution in [2.45, 2.75) is 11.3 Å². The monoisotopic (exact) mass is 344 g/mol. The summed E-state index contributed by atoms with van der Waals surface area (Å²) in [6, 6.07) is 3.59. The Kier molecular flexibility index (Phi) is 5.91. The Morgan fingerprint density at radius 2 is 2.00 bits per heavy atom. The van der Waals surface area contributed by atoms with E-state index in [0.717, 1.165) is 19.2 Å². The Labute approximate surface area is 135 Å². The van der Waals surface area contributed by atoms with Crippen molar-refractivity contribution >= 4 is 15.5 Å². The van der Waals surface area contributed by atoms with Crippen LogP contribution in [-0.4, -0.2) is 64.0 Å². The number of benzene rings is 1. The second-order valence-corrected chi connectivity index (χ2v) is 7.36. The highest BCUT2D eigenvalue weighted by Gasteiger charge is 2.21. The van der Waals surface area contributed by atoms with Crippen molar-refractivity contribution in [2.24, 2.45) is 0 Å². The summed E-state index contributed by atoms with van der Waals surface area (Å²) in [5.41, 5.74) is -0.295. The van der Waals surface area contributed by atoms with E-state index in [-0.39, 0.29) is 22.1 Å². The first-order valence-corrected chi connectivity index (χ1v) is 8.94. The van der Waals surface area contributed by atoms with Crippen molar-refractivity contribution in [2.75, 3.05) is 45.7 Å². The fourth-order valence-electron chi connectivity index (χ4n) is 2.38. The Morgan fingerprint density at radius 1 is 1.30 bits per heavy atom. The maximum atomic E-state index is 12.4. The number of nitro groups is 1. The van der Waals surface area contributed by atoms with E-state index in [9.17, 15) is 18.5 Å². The van der Waals surface area contributed by atoms with Crippen LogP contribution in [0.4, 0.5) is 5.69 Å². The SMILES string of the molecule is COc1cc([N+](=O)[O-])cc(S(=O)(=O)CCCN2CCOCC2)c1. The zero-order valence-corrected chi connectivity index (χ0v) is 13.8. The summed E-state index contributed by atoms with van der Waals surface area (Å²) in [6.07, 6.45) is 0.466. The van der Waals surface area contributed by atoms with E-state index in [1.807, 2.05) is 0 Å². The van der Waals surface area contributed by atoms with Gasteiger partial charge in [-0.05, 0) is 19.0 Å². The summed E-state index contributed by atoms with van der Waals surface area (Å²) in [7, 11) is -2.25. The Balaban J connectivity index is 2.06. The molecule has 1 saturated heterocycles. The summed E-state index contributed by atoms with van der Waals surface area (Å²) < 4.78 is 35.0. The van der Waals surface area contributed by atoms with Crippen LogP contribution in [0.1, 0.15) is 6.42 Å². The average molecular weight is 344 g/mol. The molecule has 23 heavy (non-hydrogen) atoms. The average Bonchev–Trinajstić information content (AvgIpc) is 2.55. The first-order valence-electron chi connectivity index (χ1n) is 7.29. The summed E-state index contributed by atoms with van der Waals surface area (Å²) >= 11 is 0. The quantitative estimate of drug-likeness (QED) is 0.539. The van der Waals surface area contributed by atoms with Gasteiger partial charge in [0.15, 0.2) is 9.84 Å². The second kappa shape index (κ2) is 7.71. The lowest BCUT2D eigenvalue weighted by Crippen LogP contribution is -2.37. The molecular weight excluding hydrogens is 324 g/mol. The number of rotatable bonds is 7. The summed E-state index contributed by atoms with van der Waals surface area (Å²) in [4.78, 5) is 12.3. The van der Waals surface area contributed by atoms with Crippen LogP contribution in [0.15, 0.2) is 23.1 Å². The van der Waals surface area contributed by atoms with E-state index in [4.69, 9.17) is 9.47 Å². The lowest BCUT2D eigenvalue weighted by Gasteiger charge is -2.26. The number of nitrogens with zero attached hydrogens (tertiary/aromatic N) is 2. The minimum absolute atomic E-state index is 0.0608. The number of nitro benzene ring substituents is 1. The van der Waals surface area contributed by atoms with Gasteiger partial charge in [-0.1, -0.05) is 0 Å². The predicted molar refractivity (Wildman–Crippen MR) is 83.6 cm³/mol. The van der Waals surface area contributed by atoms with Gasteiger partial charge in [-0.25, -0.2) is 8.42 Å². The minimum Gasteiger partial charge on any atom is -0.496 e. The molecule has 1 aromatic rings. The molecule has 0 aliphatic carbocycles. The zero-order valence-electron chi connectivity index (χ0n) is 12.9. The first-order chi connectivity index (χ1) is 10.9. The largest absolute Gasteiger partial charge is 0.496 e. The number of hydrogen-bond acceptors (Lipinski definition) is 7. The lowest BCUT2D eigenvalue weighted by molar-refractivity contribution is -0.385. The smallest absolute Gasteiger partial charge is 0.274 e. The molecule has 0 unspecified atom stereocenters. The molecule has 1 aromatic carbocycles. The molecule has 1 aliphatic rings. The van der Waals surface area contributed by atoms with Gasteiger partial charge in [-0.2, -0.15) is 0 Å². The Morgan fingerprint density at radius 3 is 2.61 bits per heavy atom. The van der Waals surface area contributed by atoms with Crippen molar-refractivity contribution < 1.29 is 22.8 Å². The van der Waals surface area contributed by atoms with Gasteiger partial charge >= 0.3 is 0 Å². The van der Waals surface area contributed by atoms with Crippen LogP contribution in [0.2, 0.25) is 0 Å². The van der Waals surface area contributed by atoms with E-state index in [1.165, 1.54) is 19.2 Å². The molecule has 0 radical (unpaired) electrons. The summed E-state index contributed by atoms with van der Waals surface area (Å²) in [5.74, 6) is 0.0975. The molecule has 0 N–H and O–H groups in total. The number of methoxy groups -OCH3 is 1. The molecule has 0 atom stereocenters. The first kappa shape index (κ1) is 17.6. The molecule has 0 aromatic heterocycles. The van der Waals surface area contributed by atoms with Crippen LogP contribution >= 0.6 is 0 Å². The van der Waals surface area contributed by atoms with Crippen LogP contribution in [-0.2, 0) is 14.6 Å². The molecule has 9 heteroatoms. The molecule has 2 rings (SSSR count). The van der Waals surface area contributed by atoms with Gasteiger partial charge < -0.3 is 9.47 Å². The van der Waals surface area contributed by atoms with E-state index < -0.39 is 14.8 Å². The highest BCUT2D eigenvalue weighted by atomic mass is 32.2. The highest BCUT2D eigenvalue weighted by Crippen LogP contribution is 2.26. The van der Waals surface area contributed by atoms with Crippen LogP contribution < -0.4 is 4.74 Å². The lowest BCUT2D eigenvalue weighted by atomic mass is 10.3. The highest BCUT2D eigenvalue weighted by molar-refractivity contribution is 7.91. The van der Waals surface area contributed by atoms with Crippen molar-refractivity contribution in [1.29, 1.82) is 0 Å². The Hall–Kier alpha value is -1.71. The van der Waals surface area contributed by atoms with Crippen molar-refractivity contribution in [3.8, 4) is 5.75 Å². The van der Waals surface area contributed by atoms with Crippen LogP contribution in [0.5, 0.6) is 5.75 Å². The van der Waals surface area contributed by atoms with E-state index >= 15 is 0 Å². The van der Waals surface area contributed by atoms with Gasteiger partial charge in [0.25, 0.3) is 5.69 Å². The fraction of sp³-hybridized carbons (Fsp3) is 0.571. The third-order valence-corrected chi connectivity index (χ3v) is 5.44. The van der Waals surface area contributed by atoms with Crippen LogP contribution in [0.25, 0.3) is 0 Å². The molecule has 8 nitrogen and oxygen atoms in total. The molecular formula is C14H20N2O6S. The molecule has 0 amide bonds.